The van der Waals surface area contributed by atoms with E-state index in [0.717, 1.165) is 5.92 Å². The van der Waals surface area contributed by atoms with E-state index in [1.54, 1.807) is 5.57 Å². The van der Waals surface area contributed by atoms with E-state index in [2.05, 4.69) is 26.8 Å². The molecular weight excluding hydrogens is 172 g/mol. The van der Waals surface area contributed by atoms with Gasteiger partial charge in [0.25, 0.3) is 0 Å². The lowest BCUT2D eigenvalue weighted by atomic mass is 9.78. The number of rotatable bonds is 2. The maximum Gasteiger partial charge on any atom is 0.0597 e. The van der Waals surface area contributed by atoms with Gasteiger partial charge in [0.2, 0.25) is 0 Å². The molecule has 4 atom stereocenters. The molecule has 0 aromatic rings. The molecule has 0 aromatic carbocycles. The zero-order valence-electron chi connectivity index (χ0n) is 9.53. The molecule has 4 unspecified atom stereocenters. The Morgan fingerprint density at radius 1 is 1.36 bits per heavy atom. The highest BCUT2D eigenvalue weighted by Gasteiger charge is 2.45. The zero-order valence-corrected chi connectivity index (χ0v) is 9.53. The van der Waals surface area contributed by atoms with E-state index in [-0.39, 0.29) is 6.10 Å². The molecule has 2 bridgehead atoms. The SMILES string of the molecule is C/C=C1\CC2CC1C(C(O)C(C)C)C2. The van der Waals surface area contributed by atoms with Crippen molar-refractivity contribution >= 4 is 0 Å². The Morgan fingerprint density at radius 2 is 2.07 bits per heavy atom. The van der Waals surface area contributed by atoms with Gasteiger partial charge in [0.15, 0.2) is 0 Å². The van der Waals surface area contributed by atoms with Gasteiger partial charge >= 0.3 is 0 Å². The molecule has 0 spiro atoms. The van der Waals surface area contributed by atoms with Gasteiger partial charge in [0.1, 0.15) is 0 Å². The summed E-state index contributed by atoms with van der Waals surface area (Å²) < 4.78 is 0. The maximum atomic E-state index is 10.1. The first-order chi connectivity index (χ1) is 6.63. The average Bonchev–Trinajstić information content (AvgIpc) is 2.74. The second-order valence-electron chi connectivity index (χ2n) is 5.41. The van der Waals surface area contributed by atoms with E-state index in [1.807, 2.05) is 0 Å². The van der Waals surface area contributed by atoms with Crippen LogP contribution in [0.15, 0.2) is 11.6 Å². The average molecular weight is 194 g/mol. The summed E-state index contributed by atoms with van der Waals surface area (Å²) in [5.41, 5.74) is 1.62. The van der Waals surface area contributed by atoms with Crippen LogP contribution >= 0.6 is 0 Å². The molecule has 2 aliphatic carbocycles. The molecule has 0 aromatic heterocycles. The molecule has 14 heavy (non-hydrogen) atoms. The molecule has 2 aliphatic rings. The van der Waals surface area contributed by atoms with Gasteiger partial charge in [0, 0.05) is 0 Å². The molecule has 0 saturated heterocycles. The summed E-state index contributed by atoms with van der Waals surface area (Å²) in [7, 11) is 0. The predicted octanol–water partition coefficient (Wildman–Crippen LogP) is 3.00. The van der Waals surface area contributed by atoms with Gasteiger partial charge in [-0.1, -0.05) is 25.5 Å². The lowest BCUT2D eigenvalue weighted by molar-refractivity contribution is 0.0473. The molecular formula is C13H22O. The Morgan fingerprint density at radius 3 is 2.57 bits per heavy atom. The monoisotopic (exact) mass is 194 g/mol. The van der Waals surface area contributed by atoms with Crippen molar-refractivity contribution in [2.24, 2.45) is 23.7 Å². The Labute approximate surface area is 87.2 Å². The van der Waals surface area contributed by atoms with Crippen LogP contribution < -0.4 is 0 Å². The van der Waals surface area contributed by atoms with Gasteiger partial charge in [-0.05, 0) is 49.9 Å². The van der Waals surface area contributed by atoms with Crippen molar-refractivity contribution in [3.63, 3.8) is 0 Å². The van der Waals surface area contributed by atoms with Crippen molar-refractivity contribution in [1.29, 1.82) is 0 Å². The smallest absolute Gasteiger partial charge is 0.0597 e. The fourth-order valence-corrected chi connectivity index (χ4v) is 3.46. The molecule has 0 heterocycles. The minimum absolute atomic E-state index is 0.0831. The van der Waals surface area contributed by atoms with Gasteiger partial charge in [-0.2, -0.15) is 0 Å². The summed E-state index contributed by atoms with van der Waals surface area (Å²) in [4.78, 5) is 0. The van der Waals surface area contributed by atoms with Crippen molar-refractivity contribution in [2.75, 3.05) is 0 Å². The quantitative estimate of drug-likeness (QED) is 0.670. The largest absolute Gasteiger partial charge is 0.393 e. The van der Waals surface area contributed by atoms with Crippen LogP contribution in [0.2, 0.25) is 0 Å². The minimum Gasteiger partial charge on any atom is -0.393 e. The summed E-state index contributed by atoms with van der Waals surface area (Å²) in [6.07, 6.45) is 6.11. The summed E-state index contributed by atoms with van der Waals surface area (Å²) >= 11 is 0. The highest BCUT2D eigenvalue weighted by Crippen LogP contribution is 2.53. The third-order valence-electron chi connectivity index (χ3n) is 4.20. The Kier molecular flexibility index (Phi) is 2.70. The molecule has 2 rings (SSSR count). The van der Waals surface area contributed by atoms with E-state index in [4.69, 9.17) is 0 Å². The van der Waals surface area contributed by atoms with Gasteiger partial charge in [-0.25, -0.2) is 0 Å². The molecule has 1 N–H and O–H groups in total. The molecule has 1 nitrogen and oxygen atoms in total. The van der Waals surface area contributed by atoms with Crippen LogP contribution in [-0.2, 0) is 0 Å². The Hall–Kier alpha value is -0.300. The van der Waals surface area contributed by atoms with Gasteiger partial charge < -0.3 is 5.11 Å². The van der Waals surface area contributed by atoms with Crippen LogP contribution in [0.1, 0.15) is 40.0 Å². The van der Waals surface area contributed by atoms with Crippen LogP contribution in [0.3, 0.4) is 0 Å². The lowest BCUT2D eigenvalue weighted by Gasteiger charge is -2.30. The highest BCUT2D eigenvalue weighted by atomic mass is 16.3. The van der Waals surface area contributed by atoms with Crippen LogP contribution in [0.5, 0.6) is 0 Å². The van der Waals surface area contributed by atoms with E-state index < -0.39 is 0 Å². The van der Waals surface area contributed by atoms with Gasteiger partial charge in [0.05, 0.1) is 6.10 Å². The van der Waals surface area contributed by atoms with E-state index in [9.17, 15) is 5.11 Å². The first-order valence-electron chi connectivity index (χ1n) is 5.96. The third-order valence-corrected chi connectivity index (χ3v) is 4.20. The van der Waals surface area contributed by atoms with Crippen LogP contribution in [0.4, 0.5) is 0 Å². The first kappa shape index (κ1) is 10.2. The number of aliphatic hydroxyl groups excluding tert-OH is 1. The minimum atomic E-state index is -0.0831. The molecule has 0 aliphatic heterocycles. The van der Waals surface area contributed by atoms with Crippen molar-refractivity contribution in [2.45, 2.75) is 46.1 Å². The molecule has 1 heteroatoms. The van der Waals surface area contributed by atoms with Crippen molar-refractivity contribution in [3.05, 3.63) is 11.6 Å². The number of allylic oxidation sites excluding steroid dienone is 2. The van der Waals surface area contributed by atoms with E-state index in [0.29, 0.717) is 17.8 Å². The lowest BCUT2D eigenvalue weighted by Crippen LogP contribution is -2.30. The maximum absolute atomic E-state index is 10.1. The van der Waals surface area contributed by atoms with Crippen molar-refractivity contribution in [1.82, 2.24) is 0 Å². The Balaban J connectivity index is 2.10. The second kappa shape index (κ2) is 3.69. The fraction of sp³-hybridized carbons (Fsp3) is 0.846. The summed E-state index contributed by atoms with van der Waals surface area (Å²) in [5.74, 6) is 2.56. The number of hydrogen-bond donors (Lipinski definition) is 1. The topological polar surface area (TPSA) is 20.2 Å². The van der Waals surface area contributed by atoms with E-state index >= 15 is 0 Å². The van der Waals surface area contributed by atoms with Crippen molar-refractivity contribution in [3.8, 4) is 0 Å². The van der Waals surface area contributed by atoms with Gasteiger partial charge in [-0.15, -0.1) is 0 Å². The normalized spacial score (nSPS) is 41.2. The highest BCUT2D eigenvalue weighted by molar-refractivity contribution is 5.19. The van der Waals surface area contributed by atoms with E-state index in [1.165, 1.54) is 19.3 Å². The molecule has 0 radical (unpaired) electrons. The number of fused-ring (bicyclic) bond motifs is 2. The number of hydrogen-bond acceptors (Lipinski definition) is 1. The van der Waals surface area contributed by atoms with Crippen molar-refractivity contribution < 1.29 is 5.11 Å². The zero-order chi connectivity index (χ0) is 10.3. The summed E-state index contributed by atoms with van der Waals surface area (Å²) in [5, 5.41) is 10.1. The molecule has 0 amide bonds. The second-order valence-corrected chi connectivity index (χ2v) is 5.41. The third kappa shape index (κ3) is 1.52. The first-order valence-corrected chi connectivity index (χ1v) is 5.96. The standard InChI is InChI=1S/C13H22O/c1-4-10-5-9-6-11(10)12(7-9)13(14)8(2)3/h4,8-9,11-14H,5-7H2,1-3H3/b10-4+. The fourth-order valence-electron chi connectivity index (χ4n) is 3.46. The Bertz CT molecular complexity index is 242. The number of aliphatic hydroxyl groups is 1. The molecule has 80 valence electrons. The summed E-state index contributed by atoms with van der Waals surface area (Å²) in [6, 6.07) is 0. The molecule has 2 saturated carbocycles. The molecule has 2 fully saturated rings. The van der Waals surface area contributed by atoms with Crippen LogP contribution in [-0.4, -0.2) is 11.2 Å². The summed E-state index contributed by atoms with van der Waals surface area (Å²) in [6.45, 7) is 6.41. The van der Waals surface area contributed by atoms with Gasteiger partial charge in [-0.3, -0.25) is 0 Å². The van der Waals surface area contributed by atoms with Crippen LogP contribution in [0.25, 0.3) is 0 Å². The predicted molar refractivity (Wildman–Crippen MR) is 58.9 cm³/mol. The van der Waals surface area contributed by atoms with Crippen LogP contribution in [0, 0.1) is 23.7 Å².